The quantitative estimate of drug-likeness (QED) is 0.509. The number of ether oxygens (including phenoxy) is 1. The van der Waals surface area contributed by atoms with Crippen molar-refractivity contribution in [1.82, 2.24) is 4.98 Å². The van der Waals surface area contributed by atoms with Crippen LogP contribution in [0.25, 0.3) is 0 Å². The van der Waals surface area contributed by atoms with E-state index in [1.807, 2.05) is 0 Å². The van der Waals surface area contributed by atoms with Crippen molar-refractivity contribution in [3.05, 3.63) is 18.2 Å². The summed E-state index contributed by atoms with van der Waals surface area (Å²) in [6.07, 6.45) is -5.05. The van der Waals surface area contributed by atoms with Crippen LogP contribution in [-0.4, -0.2) is 18.3 Å². The molecule has 0 amide bonds. The number of halogens is 6. The van der Waals surface area contributed by atoms with Gasteiger partial charge >= 0.3 is 64.7 Å². The second kappa shape index (κ2) is 5.72. The van der Waals surface area contributed by atoms with Gasteiger partial charge in [0.1, 0.15) is 0 Å². The predicted octanol–water partition coefficient (Wildman–Crippen LogP) is -0.961. The molecule has 0 fully saturated rings. The summed E-state index contributed by atoms with van der Waals surface area (Å²) in [7, 11) is 0. The van der Waals surface area contributed by atoms with E-state index in [4.69, 9.17) is 0 Å². The minimum absolute atomic E-state index is 0. The van der Waals surface area contributed by atoms with Gasteiger partial charge in [0.05, 0.1) is 0 Å². The summed E-state index contributed by atoms with van der Waals surface area (Å²) in [6.45, 7) is -5.43. The number of hydrogen-bond acceptors (Lipinski definition) is 2. The number of aromatic nitrogens is 1. The van der Waals surface area contributed by atoms with Crippen LogP contribution in [0.4, 0.5) is 26.1 Å². The molecule has 0 aliphatic rings. The van der Waals surface area contributed by atoms with E-state index in [1.54, 1.807) is 0 Å². The Morgan fingerprint density at radius 3 is 2.12 bits per heavy atom. The molecule has 0 radical (unpaired) electrons. The van der Waals surface area contributed by atoms with Gasteiger partial charge in [-0.25, -0.2) is 0 Å². The van der Waals surface area contributed by atoms with Gasteiger partial charge in [-0.2, -0.15) is 0 Å². The molecule has 0 saturated heterocycles. The second-order valence-electron chi connectivity index (χ2n) is 2.52. The van der Waals surface area contributed by atoms with Crippen molar-refractivity contribution < 1.29 is 82.2 Å². The van der Waals surface area contributed by atoms with Gasteiger partial charge in [-0.05, 0) is 5.59 Å². The van der Waals surface area contributed by atoms with E-state index in [9.17, 15) is 26.1 Å². The number of hydrogen-bond donors (Lipinski definition) is 0. The molecule has 0 atom stereocenters. The third-order valence-corrected chi connectivity index (χ3v) is 1.30. The Bertz CT molecular complexity index is 354. The zero-order valence-electron chi connectivity index (χ0n) is 7.93. The van der Waals surface area contributed by atoms with Gasteiger partial charge in [-0.15, -0.1) is 13.2 Å². The summed E-state index contributed by atoms with van der Waals surface area (Å²) in [4.78, 5) is 2.69. The molecule has 0 aromatic carbocycles. The molecule has 1 aromatic rings. The van der Waals surface area contributed by atoms with Crippen LogP contribution in [0.2, 0.25) is 0 Å². The molecule has 84 valence electrons. The first-order valence-electron chi connectivity index (χ1n) is 3.61. The molecule has 0 aliphatic heterocycles. The zero-order valence-corrected chi connectivity index (χ0v) is 11.1. The van der Waals surface area contributed by atoms with Crippen LogP contribution in [0.15, 0.2) is 18.2 Å². The number of alkyl halides is 3. The minimum Gasteiger partial charge on any atom is -0.444 e. The fourth-order valence-electron chi connectivity index (χ4n) is 0.789. The Morgan fingerprint density at radius 1 is 1.12 bits per heavy atom. The largest absolute Gasteiger partial charge is 1.00 e. The van der Waals surface area contributed by atoms with E-state index in [-0.39, 0.29) is 51.4 Å². The fraction of sp³-hybridized carbons (Fsp3) is 0.167. The third kappa shape index (κ3) is 5.53. The van der Waals surface area contributed by atoms with Crippen LogP contribution >= 0.6 is 0 Å². The van der Waals surface area contributed by atoms with Crippen LogP contribution < -0.4 is 61.7 Å². The molecule has 0 saturated carbocycles. The van der Waals surface area contributed by atoms with Gasteiger partial charge in [-0.3, -0.25) is 4.98 Å². The van der Waals surface area contributed by atoms with Crippen molar-refractivity contribution in [2.75, 3.05) is 0 Å². The standard InChI is InChI=1S/C6H3BF6NO.K/c8-6(9,10)15-5-3-1-2-4(14-5)7(11,12)13;/h1-3H;/q-1;+1. The summed E-state index contributed by atoms with van der Waals surface area (Å²) >= 11 is 0. The smallest absolute Gasteiger partial charge is 0.444 e. The molecule has 0 bridgehead atoms. The Labute approximate surface area is 129 Å². The molecule has 10 heteroatoms. The minimum atomic E-state index is -5.43. The second-order valence-corrected chi connectivity index (χ2v) is 2.52. The fourth-order valence-corrected chi connectivity index (χ4v) is 0.789. The molecule has 0 unspecified atom stereocenters. The maximum absolute atomic E-state index is 12.1. The monoisotopic (exact) mass is 269 g/mol. The molecule has 16 heavy (non-hydrogen) atoms. The van der Waals surface area contributed by atoms with Crippen molar-refractivity contribution in [3.63, 3.8) is 0 Å². The Balaban J connectivity index is 0.00000225. The summed E-state index contributed by atoms with van der Waals surface area (Å²) in [5, 5.41) is 0. The van der Waals surface area contributed by atoms with Crippen molar-refractivity contribution in [2.24, 2.45) is 0 Å². The van der Waals surface area contributed by atoms with Crippen LogP contribution in [0.3, 0.4) is 0 Å². The van der Waals surface area contributed by atoms with Gasteiger partial charge in [0.15, 0.2) is 0 Å². The van der Waals surface area contributed by atoms with Gasteiger partial charge in [0, 0.05) is 6.07 Å². The molecular weight excluding hydrogens is 266 g/mol. The van der Waals surface area contributed by atoms with E-state index in [1.165, 1.54) is 0 Å². The van der Waals surface area contributed by atoms with E-state index < -0.39 is 24.8 Å². The summed E-state index contributed by atoms with van der Waals surface area (Å²) in [6, 6.07) is 2.06. The summed E-state index contributed by atoms with van der Waals surface area (Å²) < 4.78 is 74.3. The Morgan fingerprint density at radius 2 is 1.69 bits per heavy atom. The Hall–Kier alpha value is 0.231. The molecule has 0 aliphatic carbocycles. The maximum atomic E-state index is 12.1. The van der Waals surface area contributed by atoms with Crippen molar-refractivity contribution in [3.8, 4) is 5.88 Å². The molecule has 1 heterocycles. The topological polar surface area (TPSA) is 22.1 Å². The average Bonchev–Trinajstić information content (AvgIpc) is 1.99. The van der Waals surface area contributed by atoms with Crippen LogP contribution in [0.5, 0.6) is 5.88 Å². The van der Waals surface area contributed by atoms with Crippen molar-refractivity contribution in [1.29, 1.82) is 0 Å². The first kappa shape index (κ1) is 16.2. The number of nitrogens with zero attached hydrogens (tertiary/aromatic N) is 1. The Kier molecular flexibility index (Phi) is 5.80. The summed E-state index contributed by atoms with van der Waals surface area (Å²) in [5.74, 6) is -1.13. The normalized spacial score (nSPS) is 11.9. The molecule has 1 aromatic heterocycles. The van der Waals surface area contributed by atoms with E-state index in [2.05, 4.69) is 9.72 Å². The molecule has 1 rings (SSSR count). The number of pyridine rings is 1. The van der Waals surface area contributed by atoms with Crippen molar-refractivity contribution >= 4 is 12.6 Å². The molecule has 0 N–H and O–H groups in total. The maximum Gasteiger partial charge on any atom is 1.00 e. The van der Waals surface area contributed by atoms with E-state index >= 15 is 0 Å². The van der Waals surface area contributed by atoms with Crippen LogP contribution in [0, 0.1) is 0 Å². The zero-order chi connectivity index (χ0) is 11.7. The van der Waals surface area contributed by atoms with Gasteiger partial charge in [0.2, 0.25) is 5.88 Å². The van der Waals surface area contributed by atoms with Crippen molar-refractivity contribution in [2.45, 2.75) is 6.36 Å². The SMILES string of the molecule is F[B-](F)(F)c1cccc(OC(F)(F)F)n1.[K+]. The number of rotatable bonds is 2. The van der Waals surface area contributed by atoms with Gasteiger partial charge in [0.25, 0.3) is 0 Å². The average molecular weight is 269 g/mol. The summed E-state index contributed by atoms with van der Waals surface area (Å²) in [5.41, 5.74) is -1.38. The first-order chi connectivity index (χ1) is 6.68. The molecular formula is C6H3BF6KNO. The third-order valence-electron chi connectivity index (χ3n) is 1.30. The van der Waals surface area contributed by atoms with E-state index in [0.29, 0.717) is 12.1 Å². The van der Waals surface area contributed by atoms with Crippen LogP contribution in [0.1, 0.15) is 0 Å². The first-order valence-corrected chi connectivity index (χ1v) is 3.61. The van der Waals surface area contributed by atoms with Gasteiger partial charge in [-0.1, -0.05) is 12.1 Å². The molecule has 0 spiro atoms. The van der Waals surface area contributed by atoms with Crippen LogP contribution in [-0.2, 0) is 0 Å². The predicted molar refractivity (Wildman–Crippen MR) is 39.6 cm³/mol. The molecule has 2 nitrogen and oxygen atoms in total. The van der Waals surface area contributed by atoms with E-state index in [0.717, 1.165) is 6.07 Å². The van der Waals surface area contributed by atoms with Gasteiger partial charge < -0.3 is 17.7 Å².